The minimum Gasteiger partial charge on any atom is -0.466 e. The number of carbonyl (C=O) groups is 4. The van der Waals surface area contributed by atoms with Gasteiger partial charge in [-0.3, -0.25) is 14.5 Å². The lowest BCUT2D eigenvalue weighted by molar-refractivity contribution is -0.155. The Hall–Kier alpha value is -4.37. The van der Waals surface area contributed by atoms with E-state index in [-0.39, 0.29) is 29.4 Å². The molecule has 0 radical (unpaired) electrons. The first kappa shape index (κ1) is 26.2. The van der Waals surface area contributed by atoms with E-state index in [0.29, 0.717) is 0 Å². The van der Waals surface area contributed by atoms with Crippen LogP contribution in [0.5, 0.6) is 0 Å². The summed E-state index contributed by atoms with van der Waals surface area (Å²) in [6.45, 7) is 0. The van der Waals surface area contributed by atoms with Gasteiger partial charge in [0.2, 0.25) is 5.91 Å². The van der Waals surface area contributed by atoms with Gasteiger partial charge in [-0.2, -0.15) is 0 Å². The maximum absolute atomic E-state index is 13.7. The highest BCUT2D eigenvalue weighted by Gasteiger charge is 2.55. The van der Waals surface area contributed by atoms with E-state index in [4.69, 9.17) is 9.47 Å². The number of esters is 2. The molecular weight excluding hydrogens is 516 g/mol. The number of thioether (sulfide) groups is 1. The van der Waals surface area contributed by atoms with Crippen molar-refractivity contribution in [2.45, 2.75) is 23.9 Å². The van der Waals surface area contributed by atoms with E-state index in [0.717, 1.165) is 16.7 Å². The van der Waals surface area contributed by atoms with Gasteiger partial charge in [0.15, 0.2) is 6.10 Å². The van der Waals surface area contributed by atoms with Gasteiger partial charge >= 0.3 is 11.9 Å². The molecule has 0 aliphatic carbocycles. The zero-order valence-electron chi connectivity index (χ0n) is 21.1. The normalized spacial score (nSPS) is 18.2. The van der Waals surface area contributed by atoms with Crippen LogP contribution < -0.4 is 5.32 Å². The van der Waals surface area contributed by atoms with Crippen molar-refractivity contribution in [2.75, 3.05) is 12.9 Å². The molecule has 5 rings (SSSR count). The molecule has 0 aromatic heterocycles. The molecule has 1 N–H and O–H groups in total. The monoisotopic (exact) mass is 542 g/mol. The molecule has 1 saturated heterocycles. The van der Waals surface area contributed by atoms with Crippen molar-refractivity contribution < 1.29 is 28.7 Å². The lowest BCUT2D eigenvalue weighted by Gasteiger charge is -2.49. The molecule has 1 fully saturated rings. The van der Waals surface area contributed by atoms with Crippen LogP contribution in [0.3, 0.4) is 0 Å². The van der Waals surface area contributed by atoms with Crippen LogP contribution in [-0.4, -0.2) is 52.9 Å². The van der Waals surface area contributed by atoms with E-state index in [2.05, 4.69) is 5.32 Å². The van der Waals surface area contributed by atoms with E-state index < -0.39 is 35.4 Å². The smallest absolute Gasteiger partial charge is 0.356 e. The maximum atomic E-state index is 13.7. The Morgan fingerprint density at radius 2 is 1.46 bits per heavy atom. The zero-order chi connectivity index (χ0) is 27.4. The highest BCUT2D eigenvalue weighted by Crippen LogP contribution is 2.42. The van der Waals surface area contributed by atoms with Crippen LogP contribution in [0.2, 0.25) is 0 Å². The van der Waals surface area contributed by atoms with Crippen molar-refractivity contribution in [3.8, 4) is 0 Å². The Kier molecular flexibility index (Phi) is 7.79. The van der Waals surface area contributed by atoms with Gasteiger partial charge in [0.25, 0.3) is 5.91 Å². The fourth-order valence-corrected chi connectivity index (χ4v) is 5.97. The predicted molar refractivity (Wildman–Crippen MR) is 145 cm³/mol. The van der Waals surface area contributed by atoms with Crippen LogP contribution in [0.1, 0.15) is 22.8 Å². The SMILES string of the molecule is COC(=O)C1=C(C(=O)OC(c2ccccc2)c2ccccc2)N2C(=O)C(NC(=O)Cc3ccccc3)[C@H]2SC1. The minimum atomic E-state index is -0.827. The lowest BCUT2D eigenvalue weighted by Crippen LogP contribution is -2.71. The molecule has 2 atom stereocenters. The molecule has 2 aliphatic heterocycles. The van der Waals surface area contributed by atoms with E-state index >= 15 is 0 Å². The number of hydrogen-bond donors (Lipinski definition) is 1. The van der Waals surface area contributed by atoms with Crippen LogP contribution in [-0.2, 0) is 35.1 Å². The molecule has 2 amide bonds. The first-order valence-corrected chi connectivity index (χ1v) is 13.4. The van der Waals surface area contributed by atoms with E-state index in [1.165, 1.54) is 23.8 Å². The van der Waals surface area contributed by atoms with Gasteiger partial charge in [-0.15, -0.1) is 11.8 Å². The van der Waals surface area contributed by atoms with E-state index in [1.807, 2.05) is 91.0 Å². The molecule has 0 bridgehead atoms. The lowest BCUT2D eigenvalue weighted by atomic mass is 10.0. The average Bonchev–Trinajstić information content (AvgIpc) is 2.98. The fourth-order valence-electron chi connectivity index (χ4n) is 4.64. The Labute approximate surface area is 230 Å². The van der Waals surface area contributed by atoms with Crippen LogP contribution in [0, 0.1) is 0 Å². The van der Waals surface area contributed by atoms with Crippen molar-refractivity contribution in [2.24, 2.45) is 0 Å². The maximum Gasteiger partial charge on any atom is 0.356 e. The second kappa shape index (κ2) is 11.6. The molecule has 3 aromatic rings. The van der Waals surface area contributed by atoms with Gasteiger partial charge in [-0.1, -0.05) is 91.0 Å². The summed E-state index contributed by atoms with van der Waals surface area (Å²) in [7, 11) is 1.22. The number of rotatable bonds is 8. The van der Waals surface area contributed by atoms with Gasteiger partial charge < -0.3 is 14.8 Å². The summed E-state index contributed by atoms with van der Waals surface area (Å²) in [5.41, 5.74) is 2.19. The minimum absolute atomic E-state index is 0.0473. The Bertz CT molecular complexity index is 1370. The van der Waals surface area contributed by atoms with Crippen LogP contribution in [0.15, 0.2) is 102 Å². The topological polar surface area (TPSA) is 102 Å². The molecule has 39 heavy (non-hydrogen) atoms. The highest BCUT2D eigenvalue weighted by molar-refractivity contribution is 8.00. The van der Waals surface area contributed by atoms with Crippen molar-refractivity contribution in [3.63, 3.8) is 0 Å². The molecule has 8 nitrogen and oxygen atoms in total. The second-order valence-corrected chi connectivity index (χ2v) is 10.1. The van der Waals surface area contributed by atoms with Crippen molar-refractivity contribution >= 4 is 35.5 Å². The third kappa shape index (κ3) is 5.44. The van der Waals surface area contributed by atoms with Crippen LogP contribution >= 0.6 is 11.8 Å². The summed E-state index contributed by atoms with van der Waals surface area (Å²) in [6.07, 6.45) is -0.646. The van der Waals surface area contributed by atoms with Crippen molar-refractivity contribution in [1.82, 2.24) is 10.2 Å². The third-order valence-corrected chi connectivity index (χ3v) is 7.83. The fraction of sp³-hybridized carbons (Fsp3) is 0.200. The second-order valence-electron chi connectivity index (χ2n) is 9.04. The number of β-lactam (4-membered cyclic amide) rings is 1. The quantitative estimate of drug-likeness (QED) is 0.344. The van der Waals surface area contributed by atoms with Gasteiger partial charge in [-0.05, 0) is 16.7 Å². The number of hydrogen-bond acceptors (Lipinski definition) is 7. The molecule has 2 heterocycles. The number of nitrogens with one attached hydrogen (secondary N) is 1. The third-order valence-electron chi connectivity index (χ3n) is 6.55. The van der Waals surface area contributed by atoms with Gasteiger partial charge in [0.05, 0.1) is 19.1 Å². The van der Waals surface area contributed by atoms with E-state index in [9.17, 15) is 19.2 Å². The average molecular weight is 543 g/mol. The van der Waals surface area contributed by atoms with Crippen molar-refractivity contribution in [1.29, 1.82) is 0 Å². The summed E-state index contributed by atoms with van der Waals surface area (Å²) in [6, 6.07) is 26.8. The molecule has 9 heteroatoms. The summed E-state index contributed by atoms with van der Waals surface area (Å²) in [5, 5.41) is 2.23. The van der Waals surface area contributed by atoms with Gasteiger partial charge in [0, 0.05) is 5.75 Å². The summed E-state index contributed by atoms with van der Waals surface area (Å²) in [5.74, 6) is -2.20. The summed E-state index contributed by atoms with van der Waals surface area (Å²) < 4.78 is 10.9. The van der Waals surface area contributed by atoms with Gasteiger partial charge in [-0.25, -0.2) is 9.59 Å². The first-order valence-electron chi connectivity index (χ1n) is 12.4. The number of amides is 2. The number of carbonyl (C=O) groups excluding carboxylic acids is 4. The molecular formula is C30H26N2O6S. The van der Waals surface area contributed by atoms with Crippen LogP contribution in [0.4, 0.5) is 0 Å². The molecule has 198 valence electrons. The number of fused-ring (bicyclic) bond motifs is 1. The van der Waals surface area contributed by atoms with Gasteiger partial charge in [0.1, 0.15) is 17.1 Å². The van der Waals surface area contributed by atoms with Crippen molar-refractivity contribution in [3.05, 3.63) is 119 Å². The number of methoxy groups -OCH3 is 1. The Morgan fingerprint density at radius 1 is 0.897 bits per heavy atom. The van der Waals surface area contributed by atoms with Crippen LogP contribution in [0.25, 0.3) is 0 Å². The highest BCUT2D eigenvalue weighted by atomic mass is 32.2. The molecule has 3 aromatic carbocycles. The Balaban J connectivity index is 1.40. The standard InChI is InChI=1S/C30H26N2O6S/c1-37-29(35)22-18-39-28-24(31-23(33)17-19-11-5-2-6-12-19)27(34)32(28)25(22)30(36)38-26(20-13-7-3-8-14-20)21-15-9-4-10-16-21/h2-16,24,26,28H,17-18H2,1H3,(H,31,33)/t24?,28-/m1/s1. The van der Waals surface area contributed by atoms with E-state index in [1.54, 1.807) is 0 Å². The number of nitrogens with zero attached hydrogens (tertiary/aromatic N) is 1. The Morgan fingerprint density at radius 3 is 2.03 bits per heavy atom. The predicted octanol–water partition coefficient (Wildman–Crippen LogP) is 3.39. The summed E-state index contributed by atoms with van der Waals surface area (Å²) >= 11 is 1.28. The number of benzene rings is 3. The summed E-state index contributed by atoms with van der Waals surface area (Å²) in [4.78, 5) is 53.5. The molecule has 2 aliphatic rings. The molecule has 0 spiro atoms. The largest absolute Gasteiger partial charge is 0.466 e. The first-order chi connectivity index (χ1) is 19.0. The molecule has 0 saturated carbocycles. The molecule has 1 unspecified atom stereocenters. The number of ether oxygens (including phenoxy) is 2. The zero-order valence-corrected chi connectivity index (χ0v) is 21.9.